The molecule has 0 aliphatic rings. The molecular weight excluding hydrogens is 227 g/mol. The molecule has 0 radical (unpaired) electrons. The zero-order chi connectivity index (χ0) is 13.3. The number of hydrogen-bond acceptors (Lipinski definition) is 1. The second-order valence-corrected chi connectivity index (χ2v) is 4.83. The van der Waals surface area contributed by atoms with Gasteiger partial charge in [-0.2, -0.15) is 0 Å². The van der Waals surface area contributed by atoms with E-state index in [1.807, 2.05) is 32.0 Å². The van der Waals surface area contributed by atoms with Gasteiger partial charge in [-0.3, -0.25) is 0 Å². The quantitative estimate of drug-likeness (QED) is 0.854. The third-order valence-electron chi connectivity index (χ3n) is 3.52. The third kappa shape index (κ3) is 2.16. The summed E-state index contributed by atoms with van der Waals surface area (Å²) < 4.78 is 13.3. The van der Waals surface area contributed by atoms with Gasteiger partial charge in [0.1, 0.15) is 11.4 Å². The fraction of sp³-hybridized carbons (Fsp3) is 0.250. The van der Waals surface area contributed by atoms with Gasteiger partial charge in [0.15, 0.2) is 0 Å². The van der Waals surface area contributed by atoms with E-state index in [2.05, 4.69) is 0 Å². The van der Waals surface area contributed by atoms with E-state index < -0.39 is 5.60 Å². The van der Waals surface area contributed by atoms with Crippen molar-refractivity contribution in [3.63, 3.8) is 0 Å². The second kappa shape index (κ2) is 4.54. The Morgan fingerprint density at radius 2 is 1.72 bits per heavy atom. The maximum absolute atomic E-state index is 13.3. The molecule has 94 valence electrons. The van der Waals surface area contributed by atoms with Crippen LogP contribution < -0.4 is 0 Å². The van der Waals surface area contributed by atoms with Crippen LogP contribution in [0.3, 0.4) is 0 Å². The molecular formula is C16H17FO. The van der Waals surface area contributed by atoms with Crippen molar-refractivity contribution < 1.29 is 9.50 Å². The minimum Gasteiger partial charge on any atom is -0.381 e. The number of rotatable bonds is 2. The van der Waals surface area contributed by atoms with Crippen LogP contribution in [0, 0.1) is 19.7 Å². The number of aryl methyl sites for hydroxylation is 1. The summed E-state index contributed by atoms with van der Waals surface area (Å²) in [6.07, 6.45) is 0. The fourth-order valence-electron chi connectivity index (χ4n) is 2.23. The van der Waals surface area contributed by atoms with E-state index >= 15 is 0 Å². The van der Waals surface area contributed by atoms with Gasteiger partial charge < -0.3 is 5.11 Å². The normalized spacial score (nSPS) is 14.3. The molecule has 2 aromatic rings. The van der Waals surface area contributed by atoms with E-state index in [1.54, 1.807) is 19.1 Å². The van der Waals surface area contributed by atoms with Gasteiger partial charge in [0, 0.05) is 0 Å². The van der Waals surface area contributed by atoms with Crippen LogP contribution in [-0.2, 0) is 5.60 Å². The number of hydrogen-bond donors (Lipinski definition) is 1. The van der Waals surface area contributed by atoms with E-state index in [0.717, 1.165) is 16.7 Å². The smallest absolute Gasteiger partial charge is 0.123 e. The minimum atomic E-state index is -1.18. The molecule has 0 saturated carbocycles. The molecule has 1 atom stereocenters. The largest absolute Gasteiger partial charge is 0.381 e. The van der Waals surface area contributed by atoms with E-state index in [4.69, 9.17) is 0 Å². The summed E-state index contributed by atoms with van der Waals surface area (Å²) in [6.45, 7) is 5.67. The molecule has 2 heteroatoms. The Morgan fingerprint density at radius 3 is 2.39 bits per heavy atom. The Balaban J connectivity index is 2.57. The van der Waals surface area contributed by atoms with E-state index in [0.29, 0.717) is 5.56 Å². The van der Waals surface area contributed by atoms with Crippen LogP contribution in [0.4, 0.5) is 4.39 Å². The minimum absolute atomic E-state index is 0.335. The maximum Gasteiger partial charge on any atom is 0.123 e. The van der Waals surface area contributed by atoms with Crippen molar-refractivity contribution in [1.82, 2.24) is 0 Å². The Kier molecular flexibility index (Phi) is 3.22. The molecule has 0 amide bonds. The molecule has 2 rings (SSSR count). The SMILES string of the molecule is Cc1cccc(C(C)(O)c2cccc(F)c2)c1C. The molecule has 1 nitrogen and oxygen atoms in total. The molecule has 0 spiro atoms. The van der Waals surface area contributed by atoms with Crippen LogP contribution >= 0.6 is 0 Å². The molecule has 0 aromatic heterocycles. The Labute approximate surface area is 107 Å². The first-order chi connectivity index (χ1) is 8.43. The van der Waals surface area contributed by atoms with Crippen LogP contribution in [0.1, 0.15) is 29.2 Å². The predicted molar refractivity (Wildman–Crippen MR) is 71.0 cm³/mol. The summed E-state index contributed by atoms with van der Waals surface area (Å²) in [5.41, 5.74) is 2.35. The number of aliphatic hydroxyl groups is 1. The highest BCUT2D eigenvalue weighted by Gasteiger charge is 2.27. The van der Waals surface area contributed by atoms with Crippen molar-refractivity contribution in [3.8, 4) is 0 Å². The van der Waals surface area contributed by atoms with Crippen LogP contribution in [0.5, 0.6) is 0 Å². The van der Waals surface area contributed by atoms with Crippen LogP contribution in [0.2, 0.25) is 0 Å². The van der Waals surface area contributed by atoms with Gasteiger partial charge in [-0.15, -0.1) is 0 Å². The van der Waals surface area contributed by atoms with E-state index in [9.17, 15) is 9.50 Å². The topological polar surface area (TPSA) is 20.2 Å². The Bertz CT molecular complexity index is 573. The summed E-state index contributed by atoms with van der Waals surface area (Å²) in [5.74, 6) is -0.335. The number of halogens is 1. The average Bonchev–Trinajstić information content (AvgIpc) is 2.32. The molecule has 0 bridgehead atoms. The van der Waals surface area contributed by atoms with Crippen molar-refractivity contribution in [2.24, 2.45) is 0 Å². The maximum atomic E-state index is 13.3. The molecule has 0 fully saturated rings. The van der Waals surface area contributed by atoms with Crippen molar-refractivity contribution in [1.29, 1.82) is 0 Å². The monoisotopic (exact) mass is 244 g/mol. The lowest BCUT2D eigenvalue weighted by molar-refractivity contribution is 0.101. The third-order valence-corrected chi connectivity index (χ3v) is 3.52. The van der Waals surface area contributed by atoms with Gasteiger partial charge >= 0.3 is 0 Å². The predicted octanol–water partition coefficient (Wildman–Crippen LogP) is 3.70. The van der Waals surface area contributed by atoms with Crippen molar-refractivity contribution in [2.45, 2.75) is 26.4 Å². The summed E-state index contributed by atoms with van der Waals surface area (Å²) in [6, 6.07) is 11.9. The summed E-state index contributed by atoms with van der Waals surface area (Å²) in [7, 11) is 0. The van der Waals surface area contributed by atoms with Crippen LogP contribution in [0.25, 0.3) is 0 Å². The highest BCUT2D eigenvalue weighted by Crippen LogP contribution is 2.32. The molecule has 1 N–H and O–H groups in total. The molecule has 1 unspecified atom stereocenters. The van der Waals surface area contributed by atoms with Crippen LogP contribution in [-0.4, -0.2) is 5.11 Å². The summed E-state index contributed by atoms with van der Waals surface area (Å²) in [4.78, 5) is 0. The van der Waals surface area contributed by atoms with Gasteiger partial charge in [-0.1, -0.05) is 30.3 Å². The lowest BCUT2D eigenvalue weighted by atomic mass is 9.84. The Hall–Kier alpha value is -1.67. The zero-order valence-corrected chi connectivity index (χ0v) is 10.9. The lowest BCUT2D eigenvalue weighted by Gasteiger charge is -2.27. The van der Waals surface area contributed by atoms with E-state index in [-0.39, 0.29) is 5.82 Å². The summed E-state index contributed by atoms with van der Waals surface area (Å²) >= 11 is 0. The van der Waals surface area contributed by atoms with E-state index in [1.165, 1.54) is 12.1 Å². The van der Waals surface area contributed by atoms with Gasteiger partial charge in [0.05, 0.1) is 0 Å². The first-order valence-electron chi connectivity index (χ1n) is 5.98. The molecule has 0 aliphatic heterocycles. The summed E-state index contributed by atoms with van der Waals surface area (Å²) in [5, 5.41) is 10.7. The van der Waals surface area contributed by atoms with Gasteiger partial charge in [-0.05, 0) is 55.2 Å². The van der Waals surface area contributed by atoms with Crippen LogP contribution in [0.15, 0.2) is 42.5 Å². The lowest BCUT2D eigenvalue weighted by Crippen LogP contribution is -2.24. The molecule has 0 heterocycles. The van der Waals surface area contributed by atoms with Gasteiger partial charge in [0.25, 0.3) is 0 Å². The van der Waals surface area contributed by atoms with Gasteiger partial charge in [0.2, 0.25) is 0 Å². The molecule has 0 saturated heterocycles. The first-order valence-corrected chi connectivity index (χ1v) is 5.98. The van der Waals surface area contributed by atoms with Gasteiger partial charge in [-0.25, -0.2) is 4.39 Å². The zero-order valence-electron chi connectivity index (χ0n) is 10.9. The fourth-order valence-corrected chi connectivity index (χ4v) is 2.23. The van der Waals surface area contributed by atoms with Crippen molar-refractivity contribution in [3.05, 3.63) is 70.5 Å². The molecule has 0 aliphatic carbocycles. The molecule has 2 aromatic carbocycles. The number of benzene rings is 2. The average molecular weight is 244 g/mol. The molecule has 18 heavy (non-hydrogen) atoms. The highest BCUT2D eigenvalue weighted by atomic mass is 19.1. The first kappa shape index (κ1) is 12.8. The highest BCUT2D eigenvalue weighted by molar-refractivity contribution is 5.42. The second-order valence-electron chi connectivity index (χ2n) is 4.83. The van der Waals surface area contributed by atoms with Crippen molar-refractivity contribution in [2.75, 3.05) is 0 Å². The van der Waals surface area contributed by atoms with Crippen molar-refractivity contribution >= 4 is 0 Å². The standard InChI is InChI=1S/C16H17FO/c1-11-6-4-9-15(12(11)2)16(3,18)13-7-5-8-14(17)10-13/h4-10,18H,1-3H3. The Morgan fingerprint density at radius 1 is 1.06 bits per heavy atom.